The zero-order chi connectivity index (χ0) is 28.2. The van der Waals surface area contributed by atoms with E-state index in [-0.39, 0.29) is 45.9 Å². The standard InChI is InChI=1S/C25H28N6O6S2/c1-4-18(22(32)24-29-21(5-2)37-30-24)28-25(33)19(15-38(3,34)14-16-10-8-9-13-26-16)27-23-17-11-6-7-12-20(17)39(35,36)31-23/h6-13,18-19H,3-5,14-15H2,1-2H3,(H,27,31)(H,28,33)/t18-,19-,38?/m0/s1. The summed E-state index contributed by atoms with van der Waals surface area (Å²) in [4.78, 5) is 39.1. The van der Waals surface area contributed by atoms with E-state index < -0.39 is 43.3 Å². The first-order valence-electron chi connectivity index (χ1n) is 12.1. The number of fused-ring (bicyclic) bond motifs is 1. The van der Waals surface area contributed by atoms with Crippen LogP contribution in [-0.4, -0.2) is 69.0 Å². The summed E-state index contributed by atoms with van der Waals surface area (Å²) in [6, 6.07) is 8.96. The number of aliphatic imine (C=N–C) groups is 1. The molecule has 0 bridgehead atoms. The van der Waals surface area contributed by atoms with Crippen molar-refractivity contribution >= 4 is 42.9 Å². The molecule has 39 heavy (non-hydrogen) atoms. The summed E-state index contributed by atoms with van der Waals surface area (Å²) in [6.45, 7) is 3.48. The molecule has 4 rings (SSSR count). The number of sulfonamides is 1. The maximum absolute atomic E-state index is 13.5. The molecule has 3 atom stereocenters. The minimum Gasteiger partial charge on any atom is -0.344 e. The highest BCUT2D eigenvalue weighted by atomic mass is 32.2. The highest BCUT2D eigenvalue weighted by Gasteiger charge is 2.34. The number of benzene rings is 1. The van der Waals surface area contributed by atoms with Crippen molar-refractivity contribution in [2.24, 2.45) is 4.99 Å². The molecule has 0 spiro atoms. The Labute approximate surface area is 226 Å². The molecule has 14 heteroatoms. The average molecular weight is 573 g/mol. The maximum Gasteiger partial charge on any atom is 0.263 e. The molecule has 2 N–H and O–H groups in total. The van der Waals surface area contributed by atoms with Gasteiger partial charge in [0.15, 0.2) is 0 Å². The van der Waals surface area contributed by atoms with Crippen LogP contribution in [0.3, 0.4) is 0 Å². The number of amides is 1. The number of rotatable bonds is 11. The van der Waals surface area contributed by atoms with Gasteiger partial charge in [0.05, 0.1) is 22.4 Å². The Morgan fingerprint density at radius 3 is 2.59 bits per heavy atom. The second kappa shape index (κ2) is 11.5. The van der Waals surface area contributed by atoms with Crippen LogP contribution >= 0.6 is 0 Å². The topological polar surface area (TPSA) is 174 Å². The first-order chi connectivity index (χ1) is 18.5. The van der Waals surface area contributed by atoms with Crippen molar-refractivity contribution in [3.05, 3.63) is 71.6 Å². The predicted molar refractivity (Wildman–Crippen MR) is 145 cm³/mol. The second-order valence-corrected chi connectivity index (χ2v) is 13.1. The van der Waals surface area contributed by atoms with E-state index in [2.05, 4.69) is 36.0 Å². The van der Waals surface area contributed by atoms with Crippen LogP contribution in [0, 0.1) is 0 Å². The number of Topliss-reactive ketones (excluding diaryl/α,β-unsaturated/α-hetero) is 1. The van der Waals surface area contributed by atoms with Gasteiger partial charge < -0.3 is 9.84 Å². The number of carbonyl (C=O) groups is 2. The highest BCUT2D eigenvalue weighted by Crippen LogP contribution is 2.23. The Kier molecular flexibility index (Phi) is 8.25. The van der Waals surface area contributed by atoms with Gasteiger partial charge in [-0.1, -0.05) is 37.2 Å². The predicted octanol–water partition coefficient (Wildman–Crippen LogP) is 1.13. The molecule has 3 aromatic rings. The molecule has 206 valence electrons. The monoisotopic (exact) mass is 572 g/mol. The van der Waals surface area contributed by atoms with Gasteiger partial charge in [-0.3, -0.25) is 28.5 Å². The van der Waals surface area contributed by atoms with Crippen LogP contribution in [0.15, 0.2) is 63.1 Å². The molecule has 0 aliphatic carbocycles. The van der Waals surface area contributed by atoms with Gasteiger partial charge in [0.25, 0.3) is 10.0 Å². The Morgan fingerprint density at radius 2 is 1.92 bits per heavy atom. The Balaban J connectivity index is 1.65. The zero-order valence-electron chi connectivity index (χ0n) is 21.4. The van der Waals surface area contributed by atoms with Crippen molar-refractivity contribution in [3.8, 4) is 0 Å². The van der Waals surface area contributed by atoms with E-state index >= 15 is 0 Å². The van der Waals surface area contributed by atoms with Gasteiger partial charge in [0.2, 0.25) is 23.4 Å². The molecule has 1 aliphatic rings. The molecule has 1 aromatic carbocycles. The third-order valence-electron chi connectivity index (χ3n) is 5.88. The number of carbonyl (C=O) groups excluding carboxylic acids is 2. The summed E-state index contributed by atoms with van der Waals surface area (Å²) in [5.74, 6) is 2.23. The van der Waals surface area contributed by atoms with Gasteiger partial charge in [-0.25, -0.2) is 8.42 Å². The number of aryl methyl sites for hydroxylation is 1. The molecule has 2 aromatic heterocycles. The van der Waals surface area contributed by atoms with Crippen LogP contribution in [0.2, 0.25) is 0 Å². The Hall–Kier alpha value is -3.91. The summed E-state index contributed by atoms with van der Waals surface area (Å²) in [5.41, 5.74) is 0.791. The van der Waals surface area contributed by atoms with Gasteiger partial charge in [0.1, 0.15) is 11.9 Å². The van der Waals surface area contributed by atoms with Crippen LogP contribution in [0.5, 0.6) is 0 Å². The number of amidine groups is 1. The van der Waals surface area contributed by atoms with E-state index in [1.54, 1.807) is 56.4 Å². The molecule has 1 aliphatic heterocycles. The molecular weight excluding hydrogens is 544 g/mol. The minimum atomic E-state index is -3.89. The van der Waals surface area contributed by atoms with E-state index in [1.807, 2.05) is 0 Å². The van der Waals surface area contributed by atoms with Crippen molar-refractivity contribution in [1.82, 2.24) is 25.2 Å². The van der Waals surface area contributed by atoms with Crippen LogP contribution in [-0.2, 0) is 36.5 Å². The summed E-state index contributed by atoms with van der Waals surface area (Å²) in [6.07, 6.45) is 2.19. The SMILES string of the molecule is C=S(=O)(Cc1ccccn1)C[C@H](N=C1NS(=O)(=O)c2ccccc21)C(=O)N[C@@H](CC)C(=O)c1noc(CC)n1. The third kappa shape index (κ3) is 6.57. The quantitative estimate of drug-likeness (QED) is 0.252. The second-order valence-electron chi connectivity index (χ2n) is 8.89. The summed E-state index contributed by atoms with van der Waals surface area (Å²) < 4.78 is 46.1. The molecule has 0 fully saturated rings. The lowest BCUT2D eigenvalue weighted by atomic mass is 10.1. The van der Waals surface area contributed by atoms with E-state index in [9.17, 15) is 22.2 Å². The van der Waals surface area contributed by atoms with Crippen LogP contribution in [0.1, 0.15) is 48.0 Å². The van der Waals surface area contributed by atoms with Gasteiger partial charge in [-0.15, -0.1) is 0 Å². The molecule has 12 nitrogen and oxygen atoms in total. The van der Waals surface area contributed by atoms with Crippen molar-refractivity contribution in [3.63, 3.8) is 0 Å². The molecule has 1 unspecified atom stereocenters. The Morgan fingerprint density at radius 1 is 1.18 bits per heavy atom. The molecule has 3 heterocycles. The number of hydrogen-bond acceptors (Lipinski definition) is 10. The van der Waals surface area contributed by atoms with Gasteiger partial charge in [0, 0.05) is 23.9 Å². The first-order valence-corrected chi connectivity index (χ1v) is 15.7. The van der Waals surface area contributed by atoms with Crippen LogP contribution < -0.4 is 10.0 Å². The largest absolute Gasteiger partial charge is 0.344 e. The maximum atomic E-state index is 13.5. The fourth-order valence-electron chi connectivity index (χ4n) is 3.93. The number of nitrogens with one attached hydrogen (secondary N) is 2. The average Bonchev–Trinajstić information content (AvgIpc) is 3.49. The minimum absolute atomic E-state index is 0.0113. The lowest BCUT2D eigenvalue weighted by molar-refractivity contribution is -0.122. The van der Waals surface area contributed by atoms with Crippen molar-refractivity contribution in [2.75, 3.05) is 5.75 Å². The van der Waals surface area contributed by atoms with E-state index in [4.69, 9.17) is 4.52 Å². The number of aromatic nitrogens is 3. The Bertz CT molecular complexity index is 1620. The number of ketones is 1. The summed E-state index contributed by atoms with van der Waals surface area (Å²) in [5, 5.41) is 6.32. The fourth-order valence-corrected chi connectivity index (χ4v) is 6.80. The van der Waals surface area contributed by atoms with Crippen LogP contribution in [0.4, 0.5) is 0 Å². The van der Waals surface area contributed by atoms with Crippen molar-refractivity contribution < 1.29 is 26.7 Å². The van der Waals surface area contributed by atoms with Crippen molar-refractivity contribution in [1.29, 1.82) is 0 Å². The summed E-state index contributed by atoms with van der Waals surface area (Å²) >= 11 is 0. The number of nitrogens with zero attached hydrogens (tertiary/aromatic N) is 4. The van der Waals surface area contributed by atoms with E-state index in [1.165, 1.54) is 6.07 Å². The zero-order valence-corrected chi connectivity index (χ0v) is 23.0. The molecule has 1 amide bonds. The lowest BCUT2D eigenvalue weighted by Gasteiger charge is -2.20. The first kappa shape index (κ1) is 28.1. The van der Waals surface area contributed by atoms with Crippen molar-refractivity contribution in [2.45, 2.75) is 49.4 Å². The van der Waals surface area contributed by atoms with E-state index in [0.29, 0.717) is 12.1 Å². The van der Waals surface area contributed by atoms with Crippen LogP contribution in [0.25, 0.3) is 0 Å². The normalized spacial score (nSPS) is 17.9. The number of pyridine rings is 1. The smallest absolute Gasteiger partial charge is 0.263 e. The lowest BCUT2D eigenvalue weighted by Crippen LogP contribution is -2.47. The summed E-state index contributed by atoms with van der Waals surface area (Å²) in [7, 11) is -6.86. The number of hydrogen-bond donors (Lipinski definition) is 2. The van der Waals surface area contributed by atoms with Gasteiger partial charge in [-0.2, -0.15) is 4.98 Å². The van der Waals surface area contributed by atoms with Gasteiger partial charge >= 0.3 is 0 Å². The van der Waals surface area contributed by atoms with Gasteiger partial charge in [-0.05, 0) is 46.1 Å². The molecule has 0 saturated heterocycles. The molecule has 0 saturated carbocycles. The molecular formula is C25H28N6O6S2. The third-order valence-corrected chi connectivity index (χ3v) is 9.02. The highest BCUT2D eigenvalue weighted by molar-refractivity contribution is 7.99. The van der Waals surface area contributed by atoms with E-state index in [0.717, 1.165) is 0 Å². The molecule has 0 radical (unpaired) electrons. The fraction of sp³-hybridized carbons (Fsp3) is 0.320.